The van der Waals surface area contributed by atoms with E-state index in [1.54, 1.807) is 10.9 Å². The van der Waals surface area contributed by atoms with Crippen LogP contribution in [0, 0.1) is 17.1 Å². The molecule has 0 aliphatic heterocycles. The van der Waals surface area contributed by atoms with Gasteiger partial charge < -0.3 is 11.1 Å². The predicted molar refractivity (Wildman–Crippen MR) is 100 cm³/mol. The molecule has 28 heavy (non-hydrogen) atoms. The third kappa shape index (κ3) is 3.89. The monoisotopic (exact) mass is 382 g/mol. The average molecular weight is 382 g/mol. The Morgan fingerprint density at radius 1 is 1.46 bits per heavy atom. The van der Waals surface area contributed by atoms with Crippen LogP contribution in [0.25, 0.3) is 10.4 Å². The lowest BCUT2D eigenvalue weighted by Crippen LogP contribution is -2.39. The number of aromatic nitrogens is 2. The Morgan fingerprint density at radius 3 is 2.71 bits per heavy atom. The SMILES string of the molecule is N#CCC1(n2cc(C(N)=O)c(Nc3ccc(F)cc3)n2)CCC(N=[N+]=[N-])CC1. The summed E-state index contributed by atoms with van der Waals surface area (Å²) in [4.78, 5) is 14.8. The number of azide groups is 1. The van der Waals surface area contributed by atoms with E-state index in [0.717, 1.165) is 0 Å². The molecule has 3 N–H and O–H groups in total. The molecule has 1 saturated carbocycles. The van der Waals surface area contributed by atoms with Crippen molar-refractivity contribution in [3.63, 3.8) is 0 Å². The molecule has 1 aromatic heterocycles. The quantitative estimate of drug-likeness (QED) is 0.445. The summed E-state index contributed by atoms with van der Waals surface area (Å²) in [6.07, 6.45) is 4.15. The van der Waals surface area contributed by atoms with Crippen LogP contribution in [0.4, 0.5) is 15.9 Å². The van der Waals surface area contributed by atoms with E-state index in [-0.39, 0.29) is 29.7 Å². The number of nitriles is 1. The number of halogens is 1. The van der Waals surface area contributed by atoms with Crippen LogP contribution in [0.1, 0.15) is 42.5 Å². The molecule has 9 nitrogen and oxygen atoms in total. The van der Waals surface area contributed by atoms with Gasteiger partial charge in [0.25, 0.3) is 5.91 Å². The maximum atomic E-state index is 13.1. The lowest BCUT2D eigenvalue weighted by Gasteiger charge is -2.37. The number of rotatable bonds is 6. The van der Waals surface area contributed by atoms with Gasteiger partial charge >= 0.3 is 0 Å². The van der Waals surface area contributed by atoms with Crippen molar-refractivity contribution in [1.82, 2.24) is 9.78 Å². The molecule has 1 aliphatic rings. The Hall–Kier alpha value is -3.57. The minimum Gasteiger partial charge on any atom is -0.365 e. The van der Waals surface area contributed by atoms with Crippen LogP contribution in [0.5, 0.6) is 0 Å². The van der Waals surface area contributed by atoms with Gasteiger partial charge in [-0.2, -0.15) is 10.4 Å². The number of hydrogen-bond acceptors (Lipinski definition) is 5. The molecule has 10 heteroatoms. The molecular weight excluding hydrogens is 363 g/mol. The number of hydrogen-bond donors (Lipinski definition) is 2. The van der Waals surface area contributed by atoms with E-state index in [0.29, 0.717) is 31.4 Å². The molecule has 1 heterocycles. The lowest BCUT2D eigenvalue weighted by atomic mass is 9.78. The Bertz CT molecular complexity index is 947. The Kier molecular flexibility index (Phi) is 5.47. The molecule has 0 saturated heterocycles. The van der Waals surface area contributed by atoms with Crippen molar-refractivity contribution in [3.8, 4) is 6.07 Å². The van der Waals surface area contributed by atoms with E-state index in [1.807, 2.05) is 0 Å². The molecule has 3 rings (SSSR count). The van der Waals surface area contributed by atoms with Gasteiger partial charge in [0.1, 0.15) is 11.4 Å². The van der Waals surface area contributed by atoms with Gasteiger partial charge in [0, 0.05) is 22.8 Å². The largest absolute Gasteiger partial charge is 0.365 e. The zero-order valence-corrected chi connectivity index (χ0v) is 15.0. The Labute approximate surface area is 160 Å². The molecule has 1 aromatic carbocycles. The van der Waals surface area contributed by atoms with Crippen LogP contribution in [0.3, 0.4) is 0 Å². The molecule has 1 aliphatic carbocycles. The number of carbonyl (C=O) groups is 1. The summed E-state index contributed by atoms with van der Waals surface area (Å²) in [7, 11) is 0. The van der Waals surface area contributed by atoms with Crippen LogP contribution in [-0.2, 0) is 5.54 Å². The summed E-state index contributed by atoms with van der Waals surface area (Å²) >= 11 is 0. The maximum absolute atomic E-state index is 13.1. The first-order valence-electron chi connectivity index (χ1n) is 8.81. The van der Waals surface area contributed by atoms with Gasteiger partial charge in [0.05, 0.1) is 18.0 Å². The van der Waals surface area contributed by atoms with E-state index < -0.39 is 11.4 Å². The van der Waals surface area contributed by atoms with Gasteiger partial charge in [0.2, 0.25) is 0 Å². The highest BCUT2D eigenvalue weighted by molar-refractivity contribution is 5.98. The smallest absolute Gasteiger partial charge is 0.254 e. The van der Waals surface area contributed by atoms with E-state index in [2.05, 4.69) is 26.5 Å². The third-order valence-electron chi connectivity index (χ3n) is 5.08. The summed E-state index contributed by atoms with van der Waals surface area (Å²) in [5, 5.41) is 20.6. The number of benzene rings is 1. The fraction of sp³-hybridized carbons (Fsp3) is 0.389. The lowest BCUT2D eigenvalue weighted by molar-refractivity contribution is 0.1000. The van der Waals surface area contributed by atoms with Gasteiger partial charge in [-0.15, -0.1) is 0 Å². The van der Waals surface area contributed by atoms with Gasteiger partial charge in [-0.05, 0) is 55.5 Å². The minimum absolute atomic E-state index is 0.111. The van der Waals surface area contributed by atoms with Crippen molar-refractivity contribution in [1.29, 1.82) is 5.26 Å². The number of nitrogens with one attached hydrogen (secondary N) is 1. The van der Waals surface area contributed by atoms with Gasteiger partial charge in [0.15, 0.2) is 5.82 Å². The van der Waals surface area contributed by atoms with Crippen molar-refractivity contribution in [2.24, 2.45) is 10.8 Å². The molecule has 0 radical (unpaired) electrons. The molecular formula is C18H19FN8O. The van der Waals surface area contributed by atoms with Crippen molar-refractivity contribution < 1.29 is 9.18 Å². The summed E-state index contributed by atoms with van der Waals surface area (Å²) in [6, 6.07) is 7.71. The second-order valence-corrected chi connectivity index (χ2v) is 6.83. The Balaban J connectivity index is 1.94. The highest BCUT2D eigenvalue weighted by Crippen LogP contribution is 2.39. The van der Waals surface area contributed by atoms with E-state index in [9.17, 15) is 14.4 Å². The predicted octanol–water partition coefficient (Wildman–Crippen LogP) is 3.73. The van der Waals surface area contributed by atoms with Gasteiger partial charge in [-0.25, -0.2) is 4.39 Å². The average Bonchev–Trinajstić information content (AvgIpc) is 3.10. The van der Waals surface area contributed by atoms with Crippen molar-refractivity contribution in [3.05, 3.63) is 52.3 Å². The van der Waals surface area contributed by atoms with Crippen LogP contribution < -0.4 is 11.1 Å². The van der Waals surface area contributed by atoms with Crippen LogP contribution in [-0.4, -0.2) is 21.7 Å². The number of carbonyl (C=O) groups excluding carboxylic acids is 1. The number of anilines is 2. The van der Waals surface area contributed by atoms with Gasteiger partial charge in [-0.3, -0.25) is 9.48 Å². The summed E-state index contributed by atoms with van der Waals surface area (Å²) in [5.41, 5.74) is 14.3. The standard InChI is InChI=1S/C18H19FN8O/c19-12-1-3-13(4-2-12)23-17-15(16(21)28)11-27(25-17)18(9-10-20)7-5-14(6-8-18)24-26-22/h1-4,11,14H,5-9H2,(H2,21,28)(H,23,25). The van der Waals surface area contributed by atoms with Gasteiger partial charge in [-0.1, -0.05) is 5.11 Å². The second-order valence-electron chi connectivity index (χ2n) is 6.83. The molecule has 0 bridgehead atoms. The molecule has 0 unspecified atom stereocenters. The zero-order chi connectivity index (χ0) is 20.1. The molecule has 0 spiro atoms. The molecule has 1 fully saturated rings. The topological polar surface area (TPSA) is 145 Å². The molecule has 144 valence electrons. The summed E-state index contributed by atoms with van der Waals surface area (Å²) in [6.45, 7) is 0. The van der Waals surface area contributed by atoms with E-state index in [1.165, 1.54) is 24.3 Å². The van der Waals surface area contributed by atoms with Crippen LogP contribution in [0.15, 0.2) is 35.6 Å². The fourth-order valence-electron chi connectivity index (χ4n) is 3.52. The maximum Gasteiger partial charge on any atom is 0.254 e. The second kappa shape index (κ2) is 7.98. The normalized spacial score (nSPS) is 21.4. The first kappa shape index (κ1) is 19.2. The number of amides is 1. The fourth-order valence-corrected chi connectivity index (χ4v) is 3.52. The van der Waals surface area contributed by atoms with E-state index >= 15 is 0 Å². The number of nitrogens with two attached hydrogens (primary N) is 1. The van der Waals surface area contributed by atoms with Crippen LogP contribution in [0.2, 0.25) is 0 Å². The van der Waals surface area contributed by atoms with Crippen molar-refractivity contribution in [2.45, 2.75) is 43.7 Å². The first-order chi connectivity index (χ1) is 13.5. The molecule has 2 aromatic rings. The Morgan fingerprint density at radius 2 is 2.14 bits per heavy atom. The number of nitrogens with zero attached hydrogens (tertiary/aromatic N) is 6. The number of primary amides is 1. The minimum atomic E-state index is -0.661. The summed E-state index contributed by atoms with van der Waals surface area (Å²) < 4.78 is 14.7. The van der Waals surface area contributed by atoms with Crippen molar-refractivity contribution in [2.75, 3.05) is 5.32 Å². The van der Waals surface area contributed by atoms with Crippen LogP contribution >= 0.6 is 0 Å². The highest BCUT2D eigenvalue weighted by Gasteiger charge is 2.38. The summed E-state index contributed by atoms with van der Waals surface area (Å²) in [5.74, 6) is -0.796. The molecule has 1 amide bonds. The highest BCUT2D eigenvalue weighted by atomic mass is 19.1. The van der Waals surface area contributed by atoms with Crippen molar-refractivity contribution >= 4 is 17.4 Å². The molecule has 0 atom stereocenters. The first-order valence-corrected chi connectivity index (χ1v) is 8.81. The van der Waals surface area contributed by atoms with E-state index in [4.69, 9.17) is 11.3 Å². The third-order valence-corrected chi connectivity index (χ3v) is 5.08. The zero-order valence-electron chi connectivity index (χ0n) is 15.0.